The minimum Gasteiger partial charge on any atom is -0.468 e. The second kappa shape index (κ2) is 6.24. The van der Waals surface area contributed by atoms with Crippen molar-refractivity contribution in [3.63, 3.8) is 0 Å². The van der Waals surface area contributed by atoms with E-state index >= 15 is 0 Å². The Labute approximate surface area is 139 Å². The van der Waals surface area contributed by atoms with Crippen LogP contribution in [0.15, 0.2) is 24.3 Å². The second-order valence-electron chi connectivity index (χ2n) is 6.11. The summed E-state index contributed by atoms with van der Waals surface area (Å²) in [5.74, 6) is -1.01. The molecule has 7 nitrogen and oxygen atoms in total. The fourth-order valence-corrected chi connectivity index (χ4v) is 3.43. The normalized spacial score (nSPS) is 25.2. The minimum absolute atomic E-state index is 0.0526. The number of hydrogen-bond acceptors (Lipinski definition) is 6. The van der Waals surface area contributed by atoms with Gasteiger partial charge in [-0.05, 0) is 24.3 Å². The van der Waals surface area contributed by atoms with Crippen molar-refractivity contribution in [3.05, 3.63) is 35.4 Å². The molecule has 2 fully saturated rings. The van der Waals surface area contributed by atoms with Gasteiger partial charge in [0.05, 0.1) is 33.0 Å². The molecule has 0 saturated carbocycles. The van der Waals surface area contributed by atoms with Crippen LogP contribution in [0, 0.1) is 11.3 Å². The number of methoxy groups -OCH3 is 2. The summed E-state index contributed by atoms with van der Waals surface area (Å²) >= 11 is 0. The molecule has 0 aromatic heterocycles. The number of ether oxygens (including phenoxy) is 3. The Morgan fingerprint density at radius 1 is 1.12 bits per heavy atom. The predicted molar refractivity (Wildman–Crippen MR) is 82.4 cm³/mol. The molecule has 24 heavy (non-hydrogen) atoms. The van der Waals surface area contributed by atoms with Crippen molar-refractivity contribution in [3.8, 4) is 0 Å². The first kappa shape index (κ1) is 16.4. The van der Waals surface area contributed by atoms with Crippen molar-refractivity contribution in [2.24, 2.45) is 11.3 Å². The predicted octanol–water partition coefficient (Wildman–Crippen LogP) is 0.735. The van der Waals surface area contributed by atoms with Crippen LogP contribution in [0.2, 0.25) is 0 Å². The number of amides is 1. The van der Waals surface area contributed by atoms with Gasteiger partial charge < -0.3 is 19.1 Å². The summed E-state index contributed by atoms with van der Waals surface area (Å²) in [5.41, 5.74) is 0.0754. The van der Waals surface area contributed by atoms with Crippen LogP contribution in [-0.4, -0.2) is 63.3 Å². The smallest absolute Gasteiger partial charge is 0.337 e. The molecule has 1 amide bonds. The van der Waals surface area contributed by atoms with Gasteiger partial charge in [0.1, 0.15) is 5.41 Å². The quantitative estimate of drug-likeness (QED) is 0.759. The number of nitrogens with zero attached hydrogens (tertiary/aromatic N) is 1. The number of carbonyl (C=O) groups excluding carboxylic acids is 3. The Morgan fingerprint density at radius 3 is 2.42 bits per heavy atom. The van der Waals surface area contributed by atoms with Crippen molar-refractivity contribution in [1.82, 2.24) is 4.90 Å². The molecule has 2 atom stereocenters. The van der Waals surface area contributed by atoms with Crippen molar-refractivity contribution < 1.29 is 28.6 Å². The number of hydrogen-bond donors (Lipinski definition) is 0. The Bertz CT molecular complexity index is 670. The summed E-state index contributed by atoms with van der Waals surface area (Å²) in [4.78, 5) is 38.0. The molecule has 3 rings (SSSR count). The highest BCUT2D eigenvalue weighted by atomic mass is 16.5. The van der Waals surface area contributed by atoms with Gasteiger partial charge in [0.25, 0.3) is 5.91 Å². The fraction of sp³-hybridized carbons (Fsp3) is 0.471. The van der Waals surface area contributed by atoms with Gasteiger partial charge in [-0.1, -0.05) is 0 Å². The third kappa shape index (κ3) is 2.54. The lowest BCUT2D eigenvalue weighted by molar-refractivity contribution is -0.153. The van der Waals surface area contributed by atoms with Crippen LogP contribution in [0.4, 0.5) is 0 Å². The molecule has 0 N–H and O–H groups in total. The number of fused-ring (bicyclic) bond motifs is 1. The van der Waals surface area contributed by atoms with Crippen molar-refractivity contribution in [1.29, 1.82) is 0 Å². The van der Waals surface area contributed by atoms with Crippen LogP contribution < -0.4 is 0 Å². The van der Waals surface area contributed by atoms with Crippen LogP contribution in [-0.2, 0) is 19.0 Å². The zero-order valence-electron chi connectivity index (χ0n) is 13.6. The number of rotatable bonds is 3. The van der Waals surface area contributed by atoms with E-state index < -0.39 is 11.4 Å². The van der Waals surface area contributed by atoms with E-state index in [0.29, 0.717) is 24.3 Å². The van der Waals surface area contributed by atoms with Crippen molar-refractivity contribution in [2.75, 3.05) is 40.5 Å². The van der Waals surface area contributed by atoms with Gasteiger partial charge in [0.2, 0.25) is 0 Å². The molecule has 0 unspecified atom stereocenters. The summed E-state index contributed by atoms with van der Waals surface area (Å²) in [5, 5.41) is 0. The number of benzene rings is 1. The van der Waals surface area contributed by atoms with Crippen molar-refractivity contribution >= 4 is 17.8 Å². The molecular weight excluding hydrogens is 314 g/mol. The van der Waals surface area contributed by atoms with Crippen LogP contribution in [0.25, 0.3) is 0 Å². The van der Waals surface area contributed by atoms with Crippen LogP contribution >= 0.6 is 0 Å². The molecule has 0 spiro atoms. The molecule has 0 radical (unpaired) electrons. The van der Waals surface area contributed by atoms with E-state index in [1.807, 2.05) is 0 Å². The number of likely N-dealkylation sites (tertiary alicyclic amines) is 1. The SMILES string of the molecule is COC(=O)c1ccc(C(=O)N2C[C@H]3COC[C@@]3(C(=O)OC)C2)cc1. The molecule has 2 heterocycles. The topological polar surface area (TPSA) is 82.1 Å². The molecule has 2 aliphatic rings. The molecule has 0 bridgehead atoms. The lowest BCUT2D eigenvalue weighted by Gasteiger charge is -2.23. The largest absolute Gasteiger partial charge is 0.468 e. The molecular formula is C17H19NO6. The monoisotopic (exact) mass is 333 g/mol. The number of esters is 2. The number of carbonyl (C=O) groups is 3. The maximum absolute atomic E-state index is 12.7. The third-order valence-corrected chi connectivity index (χ3v) is 4.81. The first-order chi connectivity index (χ1) is 11.5. The Morgan fingerprint density at radius 2 is 1.79 bits per heavy atom. The molecule has 0 aliphatic carbocycles. The van der Waals surface area contributed by atoms with Gasteiger partial charge in [-0.2, -0.15) is 0 Å². The maximum atomic E-state index is 12.7. The third-order valence-electron chi connectivity index (χ3n) is 4.81. The maximum Gasteiger partial charge on any atom is 0.337 e. The van der Waals surface area contributed by atoms with Crippen LogP contribution in [0.5, 0.6) is 0 Å². The van der Waals surface area contributed by atoms with E-state index in [0.717, 1.165) is 0 Å². The van der Waals surface area contributed by atoms with Crippen LogP contribution in [0.1, 0.15) is 20.7 Å². The zero-order chi connectivity index (χ0) is 17.3. The minimum atomic E-state index is -0.767. The molecule has 128 valence electrons. The highest BCUT2D eigenvalue weighted by molar-refractivity contribution is 5.97. The summed E-state index contributed by atoms with van der Waals surface area (Å²) in [6.45, 7) is 1.45. The first-order valence-electron chi connectivity index (χ1n) is 7.65. The lowest BCUT2D eigenvalue weighted by Crippen LogP contribution is -2.41. The average molecular weight is 333 g/mol. The van der Waals surface area contributed by atoms with E-state index in [4.69, 9.17) is 9.47 Å². The summed E-state index contributed by atoms with van der Waals surface area (Å²) < 4.78 is 15.0. The zero-order valence-corrected chi connectivity index (χ0v) is 13.6. The van der Waals surface area contributed by atoms with Gasteiger partial charge in [-0.3, -0.25) is 9.59 Å². The van der Waals surface area contributed by atoms with Gasteiger partial charge in [0, 0.05) is 24.6 Å². The average Bonchev–Trinajstić information content (AvgIpc) is 3.18. The Hall–Kier alpha value is -2.41. The molecule has 1 aromatic carbocycles. The van der Waals surface area contributed by atoms with Gasteiger partial charge in [-0.15, -0.1) is 0 Å². The summed E-state index contributed by atoms with van der Waals surface area (Å²) in [6.07, 6.45) is 0. The van der Waals surface area contributed by atoms with Crippen LogP contribution in [0.3, 0.4) is 0 Å². The van der Waals surface area contributed by atoms with Crippen molar-refractivity contribution in [2.45, 2.75) is 0 Å². The molecule has 1 aromatic rings. The first-order valence-corrected chi connectivity index (χ1v) is 7.65. The van der Waals surface area contributed by atoms with Gasteiger partial charge in [-0.25, -0.2) is 4.79 Å². The van der Waals surface area contributed by atoms with E-state index in [1.54, 1.807) is 29.2 Å². The summed E-state index contributed by atoms with van der Waals surface area (Å²) in [7, 11) is 2.65. The Kier molecular flexibility index (Phi) is 4.28. The van der Waals surface area contributed by atoms with E-state index in [1.165, 1.54) is 14.2 Å². The van der Waals surface area contributed by atoms with E-state index in [9.17, 15) is 14.4 Å². The fourth-order valence-electron chi connectivity index (χ4n) is 3.43. The van der Waals surface area contributed by atoms with Gasteiger partial charge >= 0.3 is 11.9 Å². The highest BCUT2D eigenvalue weighted by Crippen LogP contribution is 2.42. The van der Waals surface area contributed by atoms with Gasteiger partial charge in [0.15, 0.2) is 0 Å². The highest BCUT2D eigenvalue weighted by Gasteiger charge is 2.57. The Balaban J connectivity index is 1.77. The standard InChI is InChI=1S/C17H19NO6/c1-22-15(20)12-5-3-11(4-6-12)14(19)18-7-13-8-24-10-17(13,9-18)16(21)23-2/h3-6,13H,7-10H2,1-2H3/t13-,17-/m0/s1. The van der Waals surface area contributed by atoms with E-state index in [-0.39, 0.29) is 30.9 Å². The summed E-state index contributed by atoms with van der Waals surface area (Å²) in [6, 6.07) is 6.28. The van der Waals surface area contributed by atoms with E-state index in [2.05, 4.69) is 4.74 Å². The molecule has 2 saturated heterocycles. The molecule has 7 heteroatoms. The second-order valence-corrected chi connectivity index (χ2v) is 6.11. The lowest BCUT2D eigenvalue weighted by atomic mass is 9.81. The molecule has 2 aliphatic heterocycles.